The van der Waals surface area contributed by atoms with Crippen LogP contribution in [0.2, 0.25) is 0 Å². The van der Waals surface area contributed by atoms with Gasteiger partial charge in [-0.1, -0.05) is 39.0 Å². The summed E-state index contributed by atoms with van der Waals surface area (Å²) in [7, 11) is 1.65. The highest BCUT2D eigenvalue weighted by Crippen LogP contribution is 2.22. The van der Waals surface area contributed by atoms with Crippen LogP contribution in [0.3, 0.4) is 0 Å². The Kier molecular flexibility index (Phi) is 11.3. The van der Waals surface area contributed by atoms with Crippen LogP contribution in [0.25, 0.3) is 16.8 Å². The summed E-state index contributed by atoms with van der Waals surface area (Å²) in [5, 5.41) is 9.30. The topological polar surface area (TPSA) is 131 Å². The van der Waals surface area contributed by atoms with E-state index in [1.54, 1.807) is 14.0 Å². The first-order chi connectivity index (χ1) is 20.6. The first-order valence-corrected chi connectivity index (χ1v) is 15.1. The highest BCUT2D eigenvalue weighted by molar-refractivity contribution is 5.90. The minimum absolute atomic E-state index is 0.00301. The zero-order chi connectivity index (χ0) is 31.1. The van der Waals surface area contributed by atoms with E-state index in [1.807, 2.05) is 64.2 Å². The van der Waals surface area contributed by atoms with Gasteiger partial charge in [0.15, 0.2) is 0 Å². The summed E-state index contributed by atoms with van der Waals surface area (Å²) in [6.07, 6.45) is 5.92. The van der Waals surface area contributed by atoms with Crippen LogP contribution in [-0.4, -0.2) is 79.1 Å². The maximum Gasteiger partial charge on any atom is 0.258 e. The van der Waals surface area contributed by atoms with E-state index in [2.05, 4.69) is 27.1 Å². The number of fused-ring (bicyclic) bond motifs is 4. The Hall–Kier alpha value is -3.38. The number of hydrogen-bond donors (Lipinski definition) is 3. The number of nitrogens with one attached hydrogen (secondary N) is 3. The summed E-state index contributed by atoms with van der Waals surface area (Å²) in [4.78, 5) is 44.2. The molecule has 2 aliphatic heterocycles. The minimum Gasteiger partial charge on any atom is -0.377 e. The van der Waals surface area contributed by atoms with Gasteiger partial charge in [-0.05, 0) is 61.8 Å². The number of benzene rings is 1. The predicted molar refractivity (Wildman–Crippen MR) is 163 cm³/mol. The highest BCUT2D eigenvalue weighted by atomic mass is 16.7. The molecule has 2 aromatic rings. The fourth-order valence-corrected chi connectivity index (χ4v) is 5.37. The minimum atomic E-state index is -0.816. The van der Waals surface area contributed by atoms with Crippen molar-refractivity contribution in [3.05, 3.63) is 47.8 Å². The van der Waals surface area contributed by atoms with Gasteiger partial charge in [0, 0.05) is 31.2 Å². The molecule has 0 unspecified atom stereocenters. The number of ether oxygens (including phenoxy) is 3. The van der Waals surface area contributed by atoms with Crippen molar-refractivity contribution < 1.29 is 28.6 Å². The molecule has 4 rings (SSSR count). The predicted octanol–water partition coefficient (Wildman–Crippen LogP) is 3.11. The van der Waals surface area contributed by atoms with Gasteiger partial charge in [-0.2, -0.15) is 0 Å². The van der Waals surface area contributed by atoms with Gasteiger partial charge in [-0.15, -0.1) is 0 Å². The Morgan fingerprint density at radius 3 is 2.53 bits per heavy atom. The van der Waals surface area contributed by atoms with E-state index >= 15 is 0 Å². The monoisotopic (exact) mass is 595 g/mol. The number of nitrogens with zero attached hydrogens (tertiary/aromatic N) is 2. The Labute approximate surface area is 253 Å². The second-order valence-corrected chi connectivity index (χ2v) is 11.8. The van der Waals surface area contributed by atoms with Crippen molar-refractivity contribution >= 4 is 34.6 Å². The molecule has 1 fully saturated rings. The van der Waals surface area contributed by atoms with E-state index in [-0.39, 0.29) is 42.6 Å². The highest BCUT2D eigenvalue weighted by Gasteiger charge is 2.33. The van der Waals surface area contributed by atoms with Crippen LogP contribution < -0.4 is 16.1 Å². The van der Waals surface area contributed by atoms with Crippen molar-refractivity contribution in [2.75, 3.05) is 27.1 Å². The first kappa shape index (κ1) is 32.5. The molecule has 11 heteroatoms. The van der Waals surface area contributed by atoms with Crippen LogP contribution in [0.15, 0.2) is 36.5 Å². The number of hydrogen-bond acceptors (Lipinski definition) is 8. The summed E-state index contributed by atoms with van der Waals surface area (Å²) in [5.74, 6) is -1.06. The summed E-state index contributed by atoms with van der Waals surface area (Å²) in [6, 6.07) is 6.40. The zero-order valence-electron chi connectivity index (χ0n) is 26.0. The van der Waals surface area contributed by atoms with Gasteiger partial charge in [0.1, 0.15) is 25.0 Å². The largest absolute Gasteiger partial charge is 0.377 e. The number of carbonyl (C=O) groups is 3. The summed E-state index contributed by atoms with van der Waals surface area (Å²) >= 11 is 0. The molecule has 11 nitrogen and oxygen atoms in total. The van der Waals surface area contributed by atoms with E-state index in [1.165, 1.54) is 5.01 Å². The maximum atomic E-state index is 13.3. The average Bonchev–Trinajstić information content (AvgIpc) is 2.99. The third kappa shape index (κ3) is 8.38. The maximum absolute atomic E-state index is 13.3. The molecule has 3 N–H and O–H groups in total. The second kappa shape index (κ2) is 14.9. The van der Waals surface area contributed by atoms with Gasteiger partial charge in [0.05, 0.1) is 24.4 Å². The molecule has 3 heterocycles. The number of pyridine rings is 1. The molecule has 234 valence electrons. The van der Waals surface area contributed by atoms with Crippen molar-refractivity contribution in [2.45, 2.75) is 77.8 Å². The van der Waals surface area contributed by atoms with Gasteiger partial charge in [0.2, 0.25) is 11.8 Å². The van der Waals surface area contributed by atoms with Crippen LogP contribution in [0, 0.1) is 11.8 Å². The van der Waals surface area contributed by atoms with Crippen molar-refractivity contribution in [3.63, 3.8) is 0 Å². The lowest BCUT2D eigenvalue weighted by Gasteiger charge is -2.35. The molecule has 0 radical (unpaired) electrons. The van der Waals surface area contributed by atoms with E-state index in [9.17, 15) is 14.4 Å². The lowest BCUT2D eigenvalue weighted by atomic mass is 10.0. The summed E-state index contributed by atoms with van der Waals surface area (Å²) < 4.78 is 17.3. The number of rotatable bonds is 2. The quantitative estimate of drug-likeness (QED) is 0.483. The normalized spacial score (nSPS) is 29.4. The molecule has 6 atom stereocenters. The van der Waals surface area contributed by atoms with Gasteiger partial charge in [0.25, 0.3) is 5.91 Å². The zero-order valence-corrected chi connectivity index (χ0v) is 26.0. The van der Waals surface area contributed by atoms with E-state index < -0.39 is 24.1 Å². The third-order valence-electron chi connectivity index (χ3n) is 7.99. The standard InChI is InChI=1S/C32H45N5O6/c1-19(2)29-31(39)35-22(5)32(40)37-13-7-8-27(36-37)30(38)34-21(4)23-9-10-24-16-33-26(15-25(24)14-23)11-12-28(41-6)20(3)17-42-18-43-29/h9-12,14-16,19-22,27-29,36H,7-8,13,17-18H2,1-6H3,(H,34,38)(H,35,39)/b12-11+/t20-,21+,22-,27-,28+,29-/m0/s1. The van der Waals surface area contributed by atoms with E-state index in [0.29, 0.717) is 26.0 Å². The average molecular weight is 596 g/mol. The molecule has 1 aromatic heterocycles. The fourth-order valence-electron chi connectivity index (χ4n) is 5.37. The Morgan fingerprint density at radius 2 is 1.79 bits per heavy atom. The molecule has 2 aliphatic rings. The summed E-state index contributed by atoms with van der Waals surface area (Å²) in [5.41, 5.74) is 4.81. The van der Waals surface area contributed by atoms with E-state index in [0.717, 1.165) is 22.0 Å². The molecule has 0 aliphatic carbocycles. The fraction of sp³-hybridized carbons (Fsp3) is 0.562. The van der Waals surface area contributed by atoms with Crippen molar-refractivity contribution in [2.24, 2.45) is 11.8 Å². The molecule has 43 heavy (non-hydrogen) atoms. The van der Waals surface area contributed by atoms with Crippen molar-refractivity contribution in [3.8, 4) is 0 Å². The van der Waals surface area contributed by atoms with Crippen LogP contribution in [0.4, 0.5) is 0 Å². The SMILES string of the molecule is CO[C@@H]1/C=C/c2cc3cc(ccc3cn2)[C@@H](C)NC(=O)[C@@H]2CCCN(N2)C(=O)[C@H](C)NC(=O)[C@H](C(C)C)OCOC[C@@H]1C. The molecule has 0 spiro atoms. The van der Waals surface area contributed by atoms with Crippen molar-refractivity contribution in [1.29, 1.82) is 0 Å². The molecular formula is C32H45N5O6. The van der Waals surface area contributed by atoms with Crippen molar-refractivity contribution in [1.82, 2.24) is 26.1 Å². The van der Waals surface area contributed by atoms with Gasteiger partial charge >= 0.3 is 0 Å². The summed E-state index contributed by atoms with van der Waals surface area (Å²) in [6.45, 7) is 10.0. The van der Waals surface area contributed by atoms with Crippen LogP contribution in [0.1, 0.15) is 64.8 Å². The second-order valence-electron chi connectivity index (χ2n) is 11.8. The van der Waals surface area contributed by atoms with Gasteiger partial charge in [-0.25, -0.2) is 5.43 Å². The Morgan fingerprint density at radius 1 is 1.02 bits per heavy atom. The molecule has 1 aromatic carbocycles. The van der Waals surface area contributed by atoms with E-state index in [4.69, 9.17) is 14.2 Å². The molecule has 0 saturated carbocycles. The van der Waals surface area contributed by atoms with Crippen LogP contribution >= 0.6 is 0 Å². The number of hydrazine groups is 1. The Balaban J connectivity index is 1.59. The third-order valence-corrected chi connectivity index (χ3v) is 7.99. The molecular weight excluding hydrogens is 550 g/mol. The number of carbonyl (C=O) groups excluding carboxylic acids is 3. The first-order valence-electron chi connectivity index (χ1n) is 15.1. The molecule has 3 amide bonds. The number of methoxy groups -OCH3 is 1. The molecule has 5 bridgehead atoms. The number of amides is 3. The lowest BCUT2D eigenvalue weighted by molar-refractivity contribution is -0.155. The van der Waals surface area contributed by atoms with Crippen LogP contribution in [-0.2, 0) is 28.6 Å². The van der Waals surface area contributed by atoms with Crippen LogP contribution in [0.5, 0.6) is 0 Å². The molecule has 1 saturated heterocycles. The lowest BCUT2D eigenvalue weighted by Crippen LogP contribution is -2.61. The Bertz CT molecular complexity index is 1320. The number of aromatic nitrogens is 1. The van der Waals surface area contributed by atoms with Gasteiger partial charge < -0.3 is 24.8 Å². The van der Waals surface area contributed by atoms with Gasteiger partial charge in [-0.3, -0.25) is 24.4 Å². The smallest absolute Gasteiger partial charge is 0.258 e.